The van der Waals surface area contributed by atoms with E-state index in [1.54, 1.807) is 19.1 Å². The number of aromatic amines is 1. The third-order valence-electron chi connectivity index (χ3n) is 6.92. The Hall–Kier alpha value is -3.90. The van der Waals surface area contributed by atoms with Gasteiger partial charge >= 0.3 is 5.97 Å². The maximum atomic E-state index is 12.2. The van der Waals surface area contributed by atoms with E-state index in [0.717, 1.165) is 29.6 Å². The van der Waals surface area contributed by atoms with Gasteiger partial charge < -0.3 is 19.7 Å². The zero-order valence-corrected chi connectivity index (χ0v) is 21.2. The van der Waals surface area contributed by atoms with Gasteiger partial charge in [-0.05, 0) is 69.1 Å². The van der Waals surface area contributed by atoms with E-state index in [1.165, 1.54) is 37.9 Å². The van der Waals surface area contributed by atoms with Gasteiger partial charge in [0.15, 0.2) is 5.88 Å². The number of rotatable bonds is 8. The Balaban J connectivity index is 1.47. The van der Waals surface area contributed by atoms with E-state index in [9.17, 15) is 9.90 Å². The number of esters is 1. The number of fused-ring (bicyclic) bond motifs is 1. The van der Waals surface area contributed by atoms with Crippen molar-refractivity contribution >= 4 is 28.3 Å². The Morgan fingerprint density at radius 2 is 1.73 bits per heavy atom. The molecule has 2 N–H and O–H groups in total. The highest BCUT2D eigenvalue weighted by atomic mass is 16.5. The van der Waals surface area contributed by atoms with Crippen LogP contribution < -0.4 is 0 Å². The largest absolute Gasteiger partial charge is 0.494 e. The van der Waals surface area contributed by atoms with Gasteiger partial charge in [-0.25, -0.2) is 9.79 Å². The maximum Gasteiger partial charge on any atom is 0.338 e. The van der Waals surface area contributed by atoms with Gasteiger partial charge in [0.2, 0.25) is 0 Å². The molecule has 2 heterocycles. The van der Waals surface area contributed by atoms with Gasteiger partial charge in [-0.15, -0.1) is 0 Å². The number of likely N-dealkylation sites (tertiary alicyclic amines) is 1. The van der Waals surface area contributed by atoms with E-state index in [2.05, 4.69) is 22.0 Å². The minimum atomic E-state index is -0.391. The van der Waals surface area contributed by atoms with E-state index in [1.807, 2.05) is 48.5 Å². The molecule has 0 saturated carbocycles. The van der Waals surface area contributed by atoms with Crippen molar-refractivity contribution in [2.75, 3.05) is 26.2 Å². The second-order valence-electron chi connectivity index (χ2n) is 9.47. The summed E-state index contributed by atoms with van der Waals surface area (Å²) in [7, 11) is 0. The van der Waals surface area contributed by atoms with Gasteiger partial charge in [0.1, 0.15) is 0 Å². The molecule has 0 bridgehead atoms. The predicted molar refractivity (Wildman–Crippen MR) is 148 cm³/mol. The van der Waals surface area contributed by atoms with Crippen molar-refractivity contribution in [3.63, 3.8) is 0 Å². The van der Waals surface area contributed by atoms with Crippen LogP contribution in [0.4, 0.5) is 5.69 Å². The van der Waals surface area contributed by atoms with Crippen LogP contribution in [-0.2, 0) is 11.2 Å². The number of nitrogens with zero attached hydrogens (tertiary/aromatic N) is 2. The summed E-state index contributed by atoms with van der Waals surface area (Å²) in [5.74, 6) is -0.380. The molecule has 0 radical (unpaired) electrons. The molecule has 6 heteroatoms. The number of carbonyl (C=O) groups excluding carboxylic acids is 1. The van der Waals surface area contributed by atoms with Crippen molar-refractivity contribution in [2.45, 2.75) is 32.6 Å². The van der Waals surface area contributed by atoms with Crippen LogP contribution in [0.3, 0.4) is 0 Å². The lowest BCUT2D eigenvalue weighted by atomic mass is 10.00. The van der Waals surface area contributed by atoms with Gasteiger partial charge in [0.05, 0.1) is 29.1 Å². The molecule has 190 valence electrons. The first kappa shape index (κ1) is 24.8. The molecular formula is C31H33N3O3. The number of H-pyrrole nitrogens is 1. The summed E-state index contributed by atoms with van der Waals surface area (Å²) in [5.41, 5.74) is 5.35. The Bertz CT molecular complexity index is 1380. The van der Waals surface area contributed by atoms with Crippen molar-refractivity contribution in [3.8, 4) is 5.88 Å². The molecule has 0 aliphatic carbocycles. The third-order valence-corrected chi connectivity index (χ3v) is 6.92. The average Bonchev–Trinajstić information content (AvgIpc) is 3.27. The molecule has 37 heavy (non-hydrogen) atoms. The molecule has 5 rings (SSSR count). The fourth-order valence-corrected chi connectivity index (χ4v) is 4.96. The maximum absolute atomic E-state index is 12.2. The normalized spacial score (nSPS) is 14.7. The number of aromatic hydroxyl groups is 1. The molecule has 6 nitrogen and oxygen atoms in total. The topological polar surface area (TPSA) is 77.9 Å². The first-order valence-electron chi connectivity index (χ1n) is 13.1. The smallest absolute Gasteiger partial charge is 0.338 e. The molecule has 3 aromatic carbocycles. The summed E-state index contributed by atoms with van der Waals surface area (Å²) in [6.07, 6.45) is 4.99. The minimum absolute atomic E-state index is 0.0109. The number of hydrogen-bond acceptors (Lipinski definition) is 5. The fraction of sp³-hybridized carbons (Fsp3) is 0.290. The number of hydrogen-bond donors (Lipinski definition) is 2. The van der Waals surface area contributed by atoms with Crippen LogP contribution in [0.1, 0.15) is 53.2 Å². The minimum Gasteiger partial charge on any atom is -0.494 e. The average molecular weight is 496 g/mol. The monoisotopic (exact) mass is 495 g/mol. The van der Waals surface area contributed by atoms with Crippen molar-refractivity contribution in [3.05, 3.63) is 95.1 Å². The number of aliphatic imine (C=N–C) groups is 1. The standard InChI is InChI=1S/C31H33N3O3/c1-2-37-31(36)24-13-16-26-27(21-24)33-30(35)28(26)29(23-9-5-3-6-10-23)32-25-14-11-22(12-15-25)17-20-34-18-7-4-8-19-34/h3,5-6,9-16,21,33,35H,2,4,7-8,17-20H2,1H3. The lowest BCUT2D eigenvalue weighted by molar-refractivity contribution is 0.0526. The molecule has 0 atom stereocenters. The number of carbonyl (C=O) groups is 1. The van der Waals surface area contributed by atoms with Gasteiger partial charge in [0, 0.05) is 23.0 Å². The van der Waals surface area contributed by atoms with E-state index in [0.29, 0.717) is 29.0 Å². The number of piperidine rings is 1. The summed E-state index contributed by atoms with van der Waals surface area (Å²) in [6.45, 7) is 5.59. The van der Waals surface area contributed by atoms with Crippen LogP contribution in [0.5, 0.6) is 5.88 Å². The second kappa shape index (κ2) is 11.4. The Morgan fingerprint density at radius 1 is 0.973 bits per heavy atom. The summed E-state index contributed by atoms with van der Waals surface area (Å²) in [4.78, 5) is 22.8. The van der Waals surface area contributed by atoms with Crippen molar-refractivity contribution in [1.29, 1.82) is 0 Å². The Morgan fingerprint density at radius 3 is 2.46 bits per heavy atom. The molecule has 1 fully saturated rings. The number of aromatic nitrogens is 1. The lowest BCUT2D eigenvalue weighted by Gasteiger charge is -2.26. The van der Waals surface area contributed by atoms with Crippen LogP contribution in [0.25, 0.3) is 10.9 Å². The van der Waals surface area contributed by atoms with Crippen LogP contribution in [0.15, 0.2) is 77.8 Å². The van der Waals surface area contributed by atoms with E-state index < -0.39 is 5.97 Å². The zero-order valence-electron chi connectivity index (χ0n) is 21.2. The van der Waals surface area contributed by atoms with Crippen LogP contribution in [-0.4, -0.2) is 52.9 Å². The Labute approximate surface area is 217 Å². The highest BCUT2D eigenvalue weighted by molar-refractivity contribution is 6.22. The fourth-order valence-electron chi connectivity index (χ4n) is 4.96. The first-order valence-corrected chi connectivity index (χ1v) is 13.1. The van der Waals surface area contributed by atoms with Gasteiger partial charge in [0.25, 0.3) is 0 Å². The highest BCUT2D eigenvalue weighted by Gasteiger charge is 2.20. The molecule has 1 saturated heterocycles. The van der Waals surface area contributed by atoms with Gasteiger partial charge in [-0.1, -0.05) is 55.0 Å². The van der Waals surface area contributed by atoms with E-state index in [4.69, 9.17) is 9.73 Å². The first-order chi connectivity index (χ1) is 18.1. The lowest BCUT2D eigenvalue weighted by Crippen LogP contribution is -2.31. The van der Waals surface area contributed by atoms with Crippen molar-refractivity contribution in [1.82, 2.24) is 9.88 Å². The second-order valence-corrected chi connectivity index (χ2v) is 9.47. The molecule has 0 amide bonds. The number of nitrogens with one attached hydrogen (secondary N) is 1. The zero-order chi connectivity index (χ0) is 25.6. The molecule has 1 aliphatic heterocycles. The van der Waals surface area contributed by atoms with Crippen molar-refractivity contribution < 1.29 is 14.6 Å². The molecular weight excluding hydrogens is 462 g/mol. The predicted octanol–water partition coefficient (Wildman–Crippen LogP) is 6.25. The van der Waals surface area contributed by atoms with E-state index >= 15 is 0 Å². The molecule has 1 aliphatic rings. The number of ether oxygens (including phenoxy) is 1. The molecule has 4 aromatic rings. The van der Waals surface area contributed by atoms with Gasteiger partial charge in [-0.3, -0.25) is 0 Å². The summed E-state index contributed by atoms with van der Waals surface area (Å²) < 4.78 is 5.13. The third kappa shape index (κ3) is 5.75. The molecule has 1 aromatic heterocycles. The van der Waals surface area contributed by atoms with Gasteiger partial charge in [-0.2, -0.15) is 0 Å². The molecule has 0 unspecified atom stereocenters. The molecule has 0 spiro atoms. The summed E-state index contributed by atoms with van der Waals surface area (Å²) in [6, 6.07) is 23.5. The van der Waals surface area contributed by atoms with E-state index in [-0.39, 0.29) is 5.88 Å². The Kier molecular flexibility index (Phi) is 7.66. The highest BCUT2D eigenvalue weighted by Crippen LogP contribution is 2.32. The number of benzene rings is 3. The van der Waals surface area contributed by atoms with Crippen LogP contribution in [0.2, 0.25) is 0 Å². The SMILES string of the molecule is CCOC(=O)c1ccc2c(C(=Nc3ccc(CCN4CCCCC4)cc3)c3ccccc3)c(O)[nH]c2c1. The summed E-state index contributed by atoms with van der Waals surface area (Å²) >= 11 is 0. The van der Waals surface area contributed by atoms with Crippen LogP contribution in [0, 0.1) is 0 Å². The quantitative estimate of drug-likeness (QED) is 0.224. The van der Waals surface area contributed by atoms with Crippen LogP contribution >= 0.6 is 0 Å². The van der Waals surface area contributed by atoms with Crippen molar-refractivity contribution in [2.24, 2.45) is 4.99 Å². The summed E-state index contributed by atoms with van der Waals surface area (Å²) in [5, 5.41) is 11.7.